The largest absolute Gasteiger partial charge is 0.492 e. The Balaban J connectivity index is 2.42. The van der Waals surface area contributed by atoms with E-state index in [4.69, 9.17) is 26.8 Å². The van der Waals surface area contributed by atoms with E-state index in [0.717, 1.165) is 37.4 Å². The molecule has 1 aromatic rings. The molecule has 2 N–H and O–H groups in total. The molecule has 0 saturated heterocycles. The molecular weight excluding hydrogens is 250 g/mol. The maximum absolute atomic E-state index is 6.16. The second-order valence-electron chi connectivity index (χ2n) is 4.35. The van der Waals surface area contributed by atoms with E-state index in [2.05, 4.69) is 0 Å². The lowest BCUT2D eigenvalue weighted by atomic mass is 10.1. The Bertz CT molecular complexity index is 356. The number of hydrogen-bond acceptors (Lipinski definition) is 3. The van der Waals surface area contributed by atoms with E-state index in [0.29, 0.717) is 11.6 Å². The van der Waals surface area contributed by atoms with Crippen LogP contribution >= 0.6 is 11.6 Å². The summed E-state index contributed by atoms with van der Waals surface area (Å²) in [6, 6.07) is 5.97. The quantitative estimate of drug-likeness (QED) is 0.739. The van der Waals surface area contributed by atoms with Crippen LogP contribution in [0.25, 0.3) is 0 Å². The van der Waals surface area contributed by atoms with Gasteiger partial charge in [0.15, 0.2) is 0 Å². The summed E-state index contributed by atoms with van der Waals surface area (Å²) in [4.78, 5) is 0. The van der Waals surface area contributed by atoms with Gasteiger partial charge in [0.25, 0.3) is 0 Å². The highest BCUT2D eigenvalue weighted by atomic mass is 35.5. The maximum Gasteiger partial charge on any atom is 0.137 e. The highest BCUT2D eigenvalue weighted by Crippen LogP contribution is 2.26. The topological polar surface area (TPSA) is 44.5 Å². The van der Waals surface area contributed by atoms with Gasteiger partial charge in [-0.05, 0) is 38.0 Å². The van der Waals surface area contributed by atoms with Crippen LogP contribution < -0.4 is 10.5 Å². The lowest BCUT2D eigenvalue weighted by molar-refractivity contribution is 0.131. The van der Waals surface area contributed by atoms with Crippen LogP contribution in [-0.4, -0.2) is 25.9 Å². The van der Waals surface area contributed by atoms with Crippen molar-refractivity contribution in [2.24, 2.45) is 5.73 Å². The molecule has 102 valence electrons. The van der Waals surface area contributed by atoms with E-state index >= 15 is 0 Å². The van der Waals surface area contributed by atoms with Crippen molar-refractivity contribution in [3.63, 3.8) is 0 Å². The molecule has 0 aliphatic carbocycles. The summed E-state index contributed by atoms with van der Waals surface area (Å²) in [7, 11) is 0. The van der Waals surface area contributed by atoms with Crippen molar-refractivity contribution in [2.45, 2.75) is 32.7 Å². The Kier molecular flexibility index (Phi) is 7.09. The van der Waals surface area contributed by atoms with Crippen LogP contribution in [0.1, 0.15) is 25.8 Å². The summed E-state index contributed by atoms with van der Waals surface area (Å²) >= 11 is 6.16. The number of benzene rings is 1. The lowest BCUT2D eigenvalue weighted by Crippen LogP contribution is -2.17. The molecule has 0 aromatic heterocycles. The van der Waals surface area contributed by atoms with Crippen LogP contribution in [0, 0.1) is 0 Å². The average Bonchev–Trinajstić information content (AvgIpc) is 2.30. The molecule has 0 radical (unpaired) electrons. The minimum Gasteiger partial charge on any atom is -0.492 e. The molecule has 1 rings (SSSR count). The van der Waals surface area contributed by atoms with Crippen molar-refractivity contribution in [1.29, 1.82) is 0 Å². The van der Waals surface area contributed by atoms with Crippen molar-refractivity contribution in [1.82, 2.24) is 0 Å². The Morgan fingerprint density at radius 3 is 2.72 bits per heavy atom. The summed E-state index contributed by atoms with van der Waals surface area (Å²) in [5.41, 5.74) is 6.89. The van der Waals surface area contributed by atoms with Crippen molar-refractivity contribution in [2.75, 3.05) is 19.8 Å². The zero-order valence-corrected chi connectivity index (χ0v) is 11.9. The number of ether oxygens (including phenoxy) is 2. The third-order valence-corrected chi connectivity index (χ3v) is 2.74. The minimum atomic E-state index is 0.138. The molecule has 18 heavy (non-hydrogen) atoms. The maximum atomic E-state index is 6.16. The number of halogens is 1. The molecule has 0 fully saturated rings. The van der Waals surface area contributed by atoms with Crippen LogP contribution in [0.4, 0.5) is 0 Å². The zero-order chi connectivity index (χ0) is 13.4. The Hall–Kier alpha value is -0.770. The molecule has 1 aromatic carbocycles. The molecule has 0 aliphatic rings. The molecular formula is C14H22ClNO2. The minimum absolute atomic E-state index is 0.138. The van der Waals surface area contributed by atoms with Gasteiger partial charge in [0.05, 0.1) is 11.6 Å². The second-order valence-corrected chi connectivity index (χ2v) is 4.75. The van der Waals surface area contributed by atoms with Gasteiger partial charge in [0.1, 0.15) is 5.75 Å². The summed E-state index contributed by atoms with van der Waals surface area (Å²) in [6.07, 6.45) is 1.69. The van der Waals surface area contributed by atoms with Gasteiger partial charge in [0.2, 0.25) is 0 Å². The molecule has 0 saturated carbocycles. The van der Waals surface area contributed by atoms with Crippen molar-refractivity contribution in [3.8, 4) is 5.75 Å². The fourth-order valence-electron chi connectivity index (χ4n) is 1.65. The van der Waals surface area contributed by atoms with Crippen LogP contribution in [-0.2, 0) is 11.2 Å². The van der Waals surface area contributed by atoms with Gasteiger partial charge in [-0.3, -0.25) is 0 Å². The van der Waals surface area contributed by atoms with Gasteiger partial charge in [0, 0.05) is 25.7 Å². The highest BCUT2D eigenvalue weighted by Gasteiger charge is 2.04. The molecule has 0 heterocycles. The Labute approximate surface area is 114 Å². The summed E-state index contributed by atoms with van der Waals surface area (Å²) in [5.74, 6) is 0.724. The molecule has 4 heteroatoms. The van der Waals surface area contributed by atoms with Crippen LogP contribution in [0.2, 0.25) is 5.02 Å². The van der Waals surface area contributed by atoms with Gasteiger partial charge >= 0.3 is 0 Å². The van der Waals surface area contributed by atoms with Gasteiger partial charge in [-0.25, -0.2) is 0 Å². The first-order chi connectivity index (χ1) is 8.63. The van der Waals surface area contributed by atoms with E-state index < -0.39 is 0 Å². The first-order valence-corrected chi connectivity index (χ1v) is 6.75. The van der Waals surface area contributed by atoms with Crippen LogP contribution in [0.5, 0.6) is 5.75 Å². The number of hydrogen-bond donors (Lipinski definition) is 1. The molecule has 0 aliphatic heterocycles. The summed E-state index contributed by atoms with van der Waals surface area (Å²) < 4.78 is 10.8. The summed E-state index contributed by atoms with van der Waals surface area (Å²) in [5, 5.41) is 0.643. The number of rotatable bonds is 8. The van der Waals surface area contributed by atoms with Crippen molar-refractivity contribution < 1.29 is 9.47 Å². The normalized spacial score (nSPS) is 12.4. The second kappa shape index (κ2) is 8.35. The van der Waals surface area contributed by atoms with Gasteiger partial charge in [-0.1, -0.05) is 17.7 Å². The van der Waals surface area contributed by atoms with Gasteiger partial charge < -0.3 is 15.2 Å². The molecule has 0 spiro atoms. The van der Waals surface area contributed by atoms with E-state index in [1.165, 1.54) is 0 Å². The van der Waals surface area contributed by atoms with E-state index in [1.807, 2.05) is 32.0 Å². The number of nitrogens with two attached hydrogens (primary N) is 1. The fraction of sp³-hybridized carbons (Fsp3) is 0.571. The monoisotopic (exact) mass is 271 g/mol. The van der Waals surface area contributed by atoms with Crippen LogP contribution in [0.3, 0.4) is 0 Å². The van der Waals surface area contributed by atoms with Gasteiger partial charge in [-0.15, -0.1) is 0 Å². The van der Waals surface area contributed by atoms with Gasteiger partial charge in [-0.2, -0.15) is 0 Å². The molecule has 1 atom stereocenters. The van der Waals surface area contributed by atoms with Crippen molar-refractivity contribution in [3.05, 3.63) is 28.8 Å². The molecule has 0 amide bonds. The zero-order valence-electron chi connectivity index (χ0n) is 11.1. The smallest absolute Gasteiger partial charge is 0.137 e. The first kappa shape index (κ1) is 15.3. The molecule has 3 nitrogen and oxygen atoms in total. The third-order valence-electron chi connectivity index (χ3n) is 2.45. The summed E-state index contributed by atoms with van der Waals surface area (Å²) in [6.45, 7) is 6.04. The highest BCUT2D eigenvalue weighted by molar-refractivity contribution is 6.32. The Morgan fingerprint density at radius 2 is 2.11 bits per heavy atom. The first-order valence-electron chi connectivity index (χ1n) is 6.38. The Morgan fingerprint density at radius 1 is 1.33 bits per heavy atom. The predicted octanol–water partition coefficient (Wildman–Crippen LogP) is 3.04. The fourth-order valence-corrected chi connectivity index (χ4v) is 1.91. The molecule has 0 bridgehead atoms. The van der Waals surface area contributed by atoms with E-state index in [-0.39, 0.29) is 6.04 Å². The molecule has 1 unspecified atom stereocenters. The standard InChI is InChI=1S/C14H22ClNO2/c1-3-17-7-4-8-18-14-6-5-12(9-11(2)16)10-13(14)15/h5-6,10-11H,3-4,7-9,16H2,1-2H3. The SMILES string of the molecule is CCOCCCOc1ccc(CC(C)N)cc1Cl. The lowest BCUT2D eigenvalue weighted by Gasteiger charge is -2.10. The third kappa shape index (κ3) is 5.71. The van der Waals surface area contributed by atoms with E-state index in [1.54, 1.807) is 0 Å². The van der Waals surface area contributed by atoms with Crippen molar-refractivity contribution >= 4 is 11.6 Å². The van der Waals surface area contributed by atoms with Crippen LogP contribution in [0.15, 0.2) is 18.2 Å². The predicted molar refractivity (Wildman–Crippen MR) is 75.4 cm³/mol. The average molecular weight is 272 g/mol. The van der Waals surface area contributed by atoms with E-state index in [9.17, 15) is 0 Å².